The molecule has 2 N–H and O–H groups in total. The van der Waals surface area contributed by atoms with Crippen molar-refractivity contribution in [1.29, 1.82) is 5.26 Å². The van der Waals surface area contributed by atoms with Crippen molar-refractivity contribution in [1.82, 2.24) is 4.90 Å². The number of carboxylic acid groups (broad SMARTS) is 2. The predicted molar refractivity (Wildman–Crippen MR) is 70.9 cm³/mol. The second-order valence-electron chi connectivity index (χ2n) is 4.30. The number of aliphatic carboxylic acids is 1. The minimum absolute atomic E-state index is 0.0136. The van der Waals surface area contributed by atoms with E-state index < -0.39 is 18.1 Å². The maximum atomic E-state index is 11.3. The van der Waals surface area contributed by atoms with Gasteiger partial charge >= 0.3 is 12.1 Å². The van der Waals surface area contributed by atoms with Crippen LogP contribution in [0.5, 0.6) is 0 Å². The van der Waals surface area contributed by atoms with E-state index in [9.17, 15) is 19.8 Å². The van der Waals surface area contributed by atoms with E-state index in [0.717, 1.165) is 10.5 Å². The Bertz CT molecular complexity index is 496. The Balaban J connectivity index is 2.83. The topological polar surface area (TPSA) is 102 Å². The summed E-state index contributed by atoms with van der Waals surface area (Å²) >= 11 is 0. The normalized spacial score (nSPS) is 11.3. The number of benzene rings is 1. The number of unbranched alkanes of at least 4 members (excludes halogenated alkanes) is 1. The molecule has 0 spiro atoms. The van der Waals surface area contributed by atoms with Gasteiger partial charge in [0, 0.05) is 13.0 Å². The van der Waals surface area contributed by atoms with Crippen molar-refractivity contribution in [3.8, 4) is 6.07 Å². The van der Waals surface area contributed by atoms with E-state index >= 15 is 0 Å². The van der Waals surface area contributed by atoms with Crippen molar-refractivity contribution in [3.63, 3.8) is 0 Å². The van der Waals surface area contributed by atoms with E-state index in [1.165, 1.54) is 0 Å². The van der Waals surface area contributed by atoms with E-state index in [4.69, 9.17) is 5.26 Å². The van der Waals surface area contributed by atoms with E-state index in [-0.39, 0.29) is 19.4 Å². The first kappa shape index (κ1) is 15.5. The summed E-state index contributed by atoms with van der Waals surface area (Å²) in [4.78, 5) is 23.4. The highest BCUT2D eigenvalue weighted by Gasteiger charge is 2.29. The summed E-state index contributed by atoms with van der Waals surface area (Å²) in [6.45, 7) is 0.0136. The van der Waals surface area contributed by atoms with E-state index in [1.54, 1.807) is 30.3 Å². The summed E-state index contributed by atoms with van der Waals surface area (Å²) in [7, 11) is 0. The molecule has 0 aliphatic carbocycles. The molecule has 1 aromatic carbocycles. The molecule has 0 aliphatic heterocycles. The van der Waals surface area contributed by atoms with Gasteiger partial charge in [0.1, 0.15) is 6.04 Å². The molecule has 6 heteroatoms. The van der Waals surface area contributed by atoms with Crippen molar-refractivity contribution < 1.29 is 19.8 Å². The van der Waals surface area contributed by atoms with Gasteiger partial charge in [-0.15, -0.1) is 0 Å². The van der Waals surface area contributed by atoms with Crippen LogP contribution in [0.3, 0.4) is 0 Å². The third kappa shape index (κ3) is 4.61. The Morgan fingerprint density at radius 1 is 1.25 bits per heavy atom. The van der Waals surface area contributed by atoms with Crippen molar-refractivity contribution in [2.75, 3.05) is 0 Å². The first-order chi connectivity index (χ1) is 9.56. The highest BCUT2D eigenvalue weighted by Crippen LogP contribution is 2.14. The van der Waals surface area contributed by atoms with E-state index in [1.807, 2.05) is 6.07 Å². The molecule has 106 valence electrons. The summed E-state index contributed by atoms with van der Waals surface area (Å²) in [6.07, 6.45) is -0.588. The minimum atomic E-state index is -1.28. The molecule has 20 heavy (non-hydrogen) atoms. The molecule has 0 saturated heterocycles. The quantitative estimate of drug-likeness (QED) is 0.744. The Hall–Kier alpha value is -2.55. The minimum Gasteiger partial charge on any atom is -0.480 e. The van der Waals surface area contributed by atoms with Crippen LogP contribution in [-0.4, -0.2) is 33.2 Å². The average Bonchev–Trinajstić information content (AvgIpc) is 2.42. The molecule has 1 amide bonds. The van der Waals surface area contributed by atoms with Gasteiger partial charge in [0.25, 0.3) is 0 Å². The molecule has 0 saturated carbocycles. The average molecular weight is 276 g/mol. The molecule has 1 rings (SSSR count). The Labute approximate surface area is 116 Å². The van der Waals surface area contributed by atoms with Gasteiger partial charge in [-0.05, 0) is 18.4 Å². The fourth-order valence-corrected chi connectivity index (χ4v) is 1.88. The van der Waals surface area contributed by atoms with Gasteiger partial charge in [0.2, 0.25) is 0 Å². The second kappa shape index (κ2) is 7.79. The van der Waals surface area contributed by atoms with Crippen LogP contribution in [0.1, 0.15) is 24.8 Å². The maximum absolute atomic E-state index is 11.3. The lowest BCUT2D eigenvalue weighted by molar-refractivity contribution is -0.143. The van der Waals surface area contributed by atoms with Crippen LogP contribution >= 0.6 is 0 Å². The molecule has 1 unspecified atom stereocenters. The summed E-state index contributed by atoms with van der Waals surface area (Å²) < 4.78 is 0. The standard InChI is InChI=1S/C14H16N2O4/c15-9-5-4-8-12(13(17)18)16(14(19)20)10-11-6-2-1-3-7-11/h1-3,6-7,12H,4-5,8,10H2,(H,17,18)(H,19,20). The highest BCUT2D eigenvalue weighted by atomic mass is 16.4. The van der Waals surface area contributed by atoms with Crippen LogP contribution in [-0.2, 0) is 11.3 Å². The lowest BCUT2D eigenvalue weighted by atomic mass is 10.1. The van der Waals surface area contributed by atoms with Gasteiger partial charge in [-0.25, -0.2) is 9.59 Å². The fourth-order valence-electron chi connectivity index (χ4n) is 1.88. The number of hydrogen-bond donors (Lipinski definition) is 2. The summed E-state index contributed by atoms with van der Waals surface area (Å²) in [5.74, 6) is -1.19. The molecule has 0 radical (unpaired) electrons. The van der Waals surface area contributed by atoms with E-state index in [2.05, 4.69) is 0 Å². The zero-order valence-electron chi connectivity index (χ0n) is 10.9. The van der Waals surface area contributed by atoms with Gasteiger partial charge in [0.05, 0.1) is 6.07 Å². The molecular formula is C14H16N2O4. The largest absolute Gasteiger partial charge is 0.480 e. The molecule has 0 aromatic heterocycles. The smallest absolute Gasteiger partial charge is 0.408 e. The van der Waals surface area contributed by atoms with Crippen molar-refractivity contribution >= 4 is 12.1 Å². The highest BCUT2D eigenvalue weighted by molar-refractivity contribution is 5.79. The third-order valence-corrected chi connectivity index (χ3v) is 2.87. The van der Waals surface area contributed by atoms with E-state index in [0.29, 0.717) is 6.42 Å². The third-order valence-electron chi connectivity index (χ3n) is 2.87. The van der Waals surface area contributed by atoms with Gasteiger partial charge in [0.15, 0.2) is 0 Å². The van der Waals surface area contributed by atoms with Crippen molar-refractivity contribution in [2.24, 2.45) is 0 Å². The number of carboxylic acids is 1. The molecule has 0 heterocycles. The van der Waals surface area contributed by atoms with Crippen LogP contribution in [0.15, 0.2) is 30.3 Å². The number of rotatable bonds is 7. The number of hydrogen-bond acceptors (Lipinski definition) is 3. The lowest BCUT2D eigenvalue weighted by Crippen LogP contribution is -2.43. The molecule has 1 atom stereocenters. The molecule has 1 aromatic rings. The van der Waals surface area contributed by atoms with Crippen LogP contribution in [0.4, 0.5) is 4.79 Å². The van der Waals surface area contributed by atoms with Crippen LogP contribution in [0.25, 0.3) is 0 Å². The number of nitriles is 1. The fraction of sp³-hybridized carbons (Fsp3) is 0.357. The lowest BCUT2D eigenvalue weighted by Gasteiger charge is -2.26. The molecular weight excluding hydrogens is 260 g/mol. The Morgan fingerprint density at radius 2 is 1.90 bits per heavy atom. The number of amides is 1. The molecule has 0 bridgehead atoms. The SMILES string of the molecule is N#CCCCC(C(=O)O)N(Cc1ccccc1)C(=O)O. The monoisotopic (exact) mass is 276 g/mol. The predicted octanol–water partition coefficient (Wildman–Crippen LogP) is 2.31. The Kier molecular flexibility index (Phi) is 6.04. The summed E-state index contributed by atoms with van der Waals surface area (Å²) in [6, 6.07) is 9.59. The van der Waals surface area contributed by atoms with Gasteiger partial charge < -0.3 is 10.2 Å². The van der Waals surface area contributed by atoms with Gasteiger partial charge in [-0.3, -0.25) is 4.90 Å². The Morgan fingerprint density at radius 3 is 2.40 bits per heavy atom. The zero-order valence-corrected chi connectivity index (χ0v) is 10.9. The summed E-state index contributed by atoms with van der Waals surface area (Å²) in [5.41, 5.74) is 0.724. The zero-order chi connectivity index (χ0) is 15.0. The van der Waals surface area contributed by atoms with Crippen LogP contribution in [0.2, 0.25) is 0 Å². The summed E-state index contributed by atoms with van der Waals surface area (Å²) in [5, 5.41) is 26.9. The van der Waals surface area contributed by atoms with Crippen LogP contribution < -0.4 is 0 Å². The first-order valence-corrected chi connectivity index (χ1v) is 6.19. The number of carbonyl (C=O) groups is 2. The maximum Gasteiger partial charge on any atom is 0.408 e. The molecule has 6 nitrogen and oxygen atoms in total. The second-order valence-corrected chi connectivity index (χ2v) is 4.30. The number of nitrogens with zero attached hydrogens (tertiary/aromatic N) is 2. The van der Waals surface area contributed by atoms with Crippen molar-refractivity contribution in [3.05, 3.63) is 35.9 Å². The van der Waals surface area contributed by atoms with Gasteiger partial charge in [-0.2, -0.15) is 5.26 Å². The first-order valence-electron chi connectivity index (χ1n) is 6.19. The van der Waals surface area contributed by atoms with Crippen LogP contribution in [0, 0.1) is 11.3 Å². The molecule has 0 aliphatic rings. The molecule has 0 fully saturated rings. The van der Waals surface area contributed by atoms with Gasteiger partial charge in [-0.1, -0.05) is 30.3 Å². The van der Waals surface area contributed by atoms with Crippen molar-refractivity contribution in [2.45, 2.75) is 31.8 Å².